The highest BCUT2D eigenvalue weighted by Crippen LogP contribution is 2.63. The number of rotatable bonds is 5. The minimum Gasteiger partial charge on any atom is -0.458 e. The van der Waals surface area contributed by atoms with Gasteiger partial charge in [0.15, 0.2) is 11.5 Å². The molecule has 0 aromatic carbocycles. The molecule has 0 aromatic rings. The molecule has 1 heterocycles. The van der Waals surface area contributed by atoms with Crippen molar-refractivity contribution < 1.29 is 41.8 Å². The Hall–Kier alpha value is -1.80. The van der Waals surface area contributed by atoms with E-state index in [1.54, 1.807) is 6.92 Å². The van der Waals surface area contributed by atoms with Crippen LogP contribution in [0.15, 0.2) is 0 Å². The molecule has 0 aromatic heterocycles. The Balaban J connectivity index is 1.76. The van der Waals surface area contributed by atoms with Crippen LogP contribution in [-0.2, 0) is 28.6 Å². The van der Waals surface area contributed by atoms with Crippen LogP contribution in [0, 0.1) is 23.2 Å². The number of hydrogen-bond acceptors (Lipinski definition) is 6. The van der Waals surface area contributed by atoms with E-state index in [1.165, 1.54) is 0 Å². The highest BCUT2D eigenvalue weighted by Gasteiger charge is 2.75. The third-order valence-electron chi connectivity index (χ3n) is 5.94. The Morgan fingerprint density at radius 2 is 2.00 bits per heavy atom. The zero-order valence-electron chi connectivity index (χ0n) is 14.7. The van der Waals surface area contributed by atoms with Gasteiger partial charge in [-0.1, -0.05) is 13.8 Å². The minimum absolute atomic E-state index is 0.0190. The highest BCUT2D eigenvalue weighted by atomic mass is 19.4. The van der Waals surface area contributed by atoms with Crippen LogP contribution in [0.1, 0.15) is 40.0 Å². The van der Waals surface area contributed by atoms with Crippen LogP contribution in [0.2, 0.25) is 0 Å². The first kappa shape index (κ1) is 19.0. The van der Waals surface area contributed by atoms with Crippen LogP contribution >= 0.6 is 0 Å². The standard InChI is InChI=1S/C17H21F3O6/c1-4-7(2)13(21)25-11-9-5-10-12(11)26-15(23)16(10,6-9)14(22)24-8(3)17(18,19)20/h7-12H,4-6H2,1-3H3. The van der Waals surface area contributed by atoms with Gasteiger partial charge in [0, 0.05) is 11.8 Å². The summed E-state index contributed by atoms with van der Waals surface area (Å²) in [6, 6.07) is 0. The van der Waals surface area contributed by atoms with E-state index in [0.717, 1.165) is 6.92 Å². The molecule has 1 saturated heterocycles. The van der Waals surface area contributed by atoms with Crippen molar-refractivity contribution in [1.29, 1.82) is 0 Å². The Bertz CT molecular complexity index is 632. The van der Waals surface area contributed by atoms with E-state index in [9.17, 15) is 27.6 Å². The molecule has 0 spiro atoms. The molecule has 0 radical (unpaired) electrons. The second-order valence-corrected chi connectivity index (χ2v) is 7.45. The molecule has 2 saturated carbocycles. The van der Waals surface area contributed by atoms with Crippen molar-refractivity contribution in [2.24, 2.45) is 23.2 Å². The summed E-state index contributed by atoms with van der Waals surface area (Å²) in [7, 11) is 0. The number of ether oxygens (including phenoxy) is 3. The van der Waals surface area contributed by atoms with Crippen LogP contribution in [0.5, 0.6) is 0 Å². The molecule has 6 nitrogen and oxygen atoms in total. The van der Waals surface area contributed by atoms with E-state index >= 15 is 0 Å². The third-order valence-corrected chi connectivity index (χ3v) is 5.94. The Morgan fingerprint density at radius 1 is 1.35 bits per heavy atom. The molecule has 3 rings (SSSR count). The molecule has 2 bridgehead atoms. The van der Waals surface area contributed by atoms with Gasteiger partial charge in [0.2, 0.25) is 0 Å². The minimum atomic E-state index is -4.71. The molecule has 7 unspecified atom stereocenters. The summed E-state index contributed by atoms with van der Waals surface area (Å²) >= 11 is 0. The van der Waals surface area contributed by atoms with Crippen LogP contribution in [0.3, 0.4) is 0 Å². The molecular weight excluding hydrogens is 357 g/mol. The van der Waals surface area contributed by atoms with Gasteiger partial charge in [-0.2, -0.15) is 13.2 Å². The maximum atomic E-state index is 12.7. The van der Waals surface area contributed by atoms with E-state index < -0.39 is 53.7 Å². The smallest absolute Gasteiger partial charge is 0.425 e. The van der Waals surface area contributed by atoms with Gasteiger partial charge >= 0.3 is 24.1 Å². The predicted molar refractivity (Wildman–Crippen MR) is 79.5 cm³/mol. The molecule has 0 N–H and O–H groups in total. The quantitative estimate of drug-likeness (QED) is 0.415. The number of esters is 3. The van der Waals surface area contributed by atoms with Crippen molar-refractivity contribution in [2.45, 2.75) is 64.5 Å². The molecule has 3 aliphatic rings. The SMILES string of the molecule is CCC(C)C(=O)OC1C2CC3C1OC(=O)C3(C(=O)OC(C)C(F)(F)F)C2. The summed E-state index contributed by atoms with van der Waals surface area (Å²) in [5.41, 5.74) is -1.71. The van der Waals surface area contributed by atoms with Crippen LogP contribution in [0.25, 0.3) is 0 Å². The number of carbonyl (C=O) groups excluding carboxylic acids is 3. The number of carbonyl (C=O) groups is 3. The normalized spacial score (nSPS) is 37.2. The number of alkyl halides is 3. The van der Waals surface area contributed by atoms with E-state index in [4.69, 9.17) is 9.47 Å². The van der Waals surface area contributed by atoms with E-state index in [1.807, 2.05) is 6.92 Å². The Kier molecular flexibility index (Phi) is 4.47. The molecule has 1 aliphatic heterocycles. The van der Waals surface area contributed by atoms with E-state index in [2.05, 4.69) is 4.74 Å². The van der Waals surface area contributed by atoms with Crippen LogP contribution in [-0.4, -0.2) is 42.4 Å². The van der Waals surface area contributed by atoms with E-state index in [-0.39, 0.29) is 18.3 Å². The lowest BCUT2D eigenvalue weighted by molar-refractivity contribution is -0.222. The second-order valence-electron chi connectivity index (χ2n) is 7.45. The van der Waals surface area contributed by atoms with Gasteiger partial charge in [-0.3, -0.25) is 14.4 Å². The lowest BCUT2D eigenvalue weighted by Gasteiger charge is -2.31. The Morgan fingerprint density at radius 3 is 2.58 bits per heavy atom. The first-order valence-electron chi connectivity index (χ1n) is 8.71. The number of hydrogen-bond donors (Lipinski definition) is 0. The molecule has 3 fully saturated rings. The van der Waals surface area contributed by atoms with Crippen molar-refractivity contribution >= 4 is 17.9 Å². The molecule has 9 heteroatoms. The maximum absolute atomic E-state index is 12.7. The molecule has 26 heavy (non-hydrogen) atoms. The molecular formula is C17H21F3O6. The van der Waals surface area contributed by atoms with Crippen LogP contribution < -0.4 is 0 Å². The monoisotopic (exact) mass is 378 g/mol. The predicted octanol–water partition coefficient (Wildman–Crippen LogP) is 2.39. The topological polar surface area (TPSA) is 78.9 Å². The van der Waals surface area contributed by atoms with Crippen molar-refractivity contribution in [1.82, 2.24) is 0 Å². The molecule has 146 valence electrons. The first-order valence-corrected chi connectivity index (χ1v) is 8.71. The van der Waals surface area contributed by atoms with Gasteiger partial charge in [-0.25, -0.2) is 0 Å². The number of halogens is 3. The fourth-order valence-electron chi connectivity index (χ4n) is 4.18. The molecule has 7 atom stereocenters. The van der Waals surface area contributed by atoms with Gasteiger partial charge < -0.3 is 14.2 Å². The Labute approximate surface area is 148 Å². The fraction of sp³-hybridized carbons (Fsp3) is 0.824. The van der Waals surface area contributed by atoms with Crippen molar-refractivity contribution in [3.63, 3.8) is 0 Å². The summed E-state index contributed by atoms with van der Waals surface area (Å²) < 4.78 is 53.3. The average molecular weight is 378 g/mol. The number of fused-ring (bicyclic) bond motifs is 1. The van der Waals surface area contributed by atoms with Gasteiger partial charge in [-0.05, 0) is 26.2 Å². The van der Waals surface area contributed by atoms with Crippen molar-refractivity contribution in [3.8, 4) is 0 Å². The highest BCUT2D eigenvalue weighted by molar-refractivity contribution is 6.03. The summed E-state index contributed by atoms with van der Waals surface area (Å²) in [6.45, 7) is 4.28. The molecule has 2 aliphatic carbocycles. The fourth-order valence-corrected chi connectivity index (χ4v) is 4.18. The maximum Gasteiger partial charge on any atom is 0.425 e. The summed E-state index contributed by atoms with van der Waals surface area (Å²) in [5.74, 6) is -3.73. The first-order chi connectivity index (χ1) is 12.0. The van der Waals surface area contributed by atoms with Gasteiger partial charge in [0.1, 0.15) is 12.2 Å². The summed E-state index contributed by atoms with van der Waals surface area (Å²) in [6.07, 6.45) is -7.53. The third kappa shape index (κ3) is 2.66. The molecule has 0 amide bonds. The second kappa shape index (κ2) is 6.13. The summed E-state index contributed by atoms with van der Waals surface area (Å²) in [4.78, 5) is 36.9. The van der Waals surface area contributed by atoms with Gasteiger partial charge in [0.25, 0.3) is 0 Å². The lowest BCUT2D eigenvalue weighted by atomic mass is 9.73. The zero-order valence-corrected chi connectivity index (χ0v) is 14.7. The van der Waals surface area contributed by atoms with Gasteiger partial charge in [-0.15, -0.1) is 0 Å². The van der Waals surface area contributed by atoms with Crippen molar-refractivity contribution in [2.75, 3.05) is 0 Å². The van der Waals surface area contributed by atoms with Crippen molar-refractivity contribution in [3.05, 3.63) is 0 Å². The largest absolute Gasteiger partial charge is 0.458 e. The zero-order chi connectivity index (χ0) is 19.4. The average Bonchev–Trinajstić information content (AvgIpc) is 3.15. The van der Waals surface area contributed by atoms with Gasteiger partial charge in [0.05, 0.1) is 5.92 Å². The lowest BCUT2D eigenvalue weighted by Crippen LogP contribution is -2.47. The summed E-state index contributed by atoms with van der Waals surface area (Å²) in [5, 5.41) is 0. The van der Waals surface area contributed by atoms with Crippen LogP contribution in [0.4, 0.5) is 13.2 Å². The van der Waals surface area contributed by atoms with E-state index in [0.29, 0.717) is 12.8 Å².